The lowest BCUT2D eigenvalue weighted by molar-refractivity contribution is 0.241. The van der Waals surface area contributed by atoms with Gasteiger partial charge in [-0.3, -0.25) is 4.79 Å². The van der Waals surface area contributed by atoms with E-state index in [1.165, 1.54) is 17.3 Å². The standard InChI is InChI=1S/C11H21NOS/c1-6-9(2)7-10(3)8-14-11(13)12(4)5/h7,9H,6,8H2,1-5H3/b10-7+/t9-/m0/s1. The Labute approximate surface area is 91.7 Å². The van der Waals surface area contributed by atoms with E-state index in [-0.39, 0.29) is 5.24 Å². The summed E-state index contributed by atoms with van der Waals surface area (Å²) >= 11 is 1.36. The lowest BCUT2D eigenvalue weighted by atomic mass is 10.1. The number of hydrogen-bond acceptors (Lipinski definition) is 2. The van der Waals surface area contributed by atoms with Gasteiger partial charge < -0.3 is 4.90 Å². The molecular weight excluding hydrogens is 194 g/mol. The molecule has 0 fully saturated rings. The van der Waals surface area contributed by atoms with Crippen molar-refractivity contribution in [3.63, 3.8) is 0 Å². The Morgan fingerprint density at radius 2 is 2.07 bits per heavy atom. The van der Waals surface area contributed by atoms with Crippen LogP contribution in [0.1, 0.15) is 27.2 Å². The second-order valence-electron chi connectivity index (χ2n) is 3.85. The third-order valence-electron chi connectivity index (χ3n) is 2.00. The number of hydrogen-bond donors (Lipinski definition) is 0. The maximum absolute atomic E-state index is 11.3. The van der Waals surface area contributed by atoms with E-state index in [9.17, 15) is 4.79 Å². The second kappa shape index (κ2) is 6.93. The second-order valence-corrected chi connectivity index (χ2v) is 4.77. The van der Waals surface area contributed by atoms with Gasteiger partial charge in [0.05, 0.1) is 0 Å². The van der Waals surface area contributed by atoms with Crippen LogP contribution in [-0.2, 0) is 0 Å². The molecule has 0 aromatic carbocycles. The van der Waals surface area contributed by atoms with Gasteiger partial charge in [-0.05, 0) is 12.8 Å². The molecule has 1 atom stereocenters. The molecule has 0 spiro atoms. The highest BCUT2D eigenvalue weighted by atomic mass is 32.2. The summed E-state index contributed by atoms with van der Waals surface area (Å²) in [5.41, 5.74) is 1.29. The normalized spacial score (nSPS) is 13.9. The summed E-state index contributed by atoms with van der Waals surface area (Å²) in [6.07, 6.45) is 3.40. The minimum absolute atomic E-state index is 0.127. The van der Waals surface area contributed by atoms with Crippen LogP contribution in [0.3, 0.4) is 0 Å². The molecule has 0 aromatic rings. The zero-order valence-electron chi connectivity index (χ0n) is 9.83. The summed E-state index contributed by atoms with van der Waals surface area (Å²) in [5, 5.41) is 0.127. The Balaban J connectivity index is 3.90. The smallest absolute Gasteiger partial charge is 0.281 e. The first-order valence-electron chi connectivity index (χ1n) is 4.98. The highest BCUT2D eigenvalue weighted by Gasteiger charge is 2.04. The van der Waals surface area contributed by atoms with Crippen LogP contribution < -0.4 is 0 Å². The van der Waals surface area contributed by atoms with Gasteiger partial charge in [-0.15, -0.1) is 0 Å². The Kier molecular flexibility index (Phi) is 6.71. The van der Waals surface area contributed by atoms with Crippen molar-refractivity contribution in [2.45, 2.75) is 27.2 Å². The topological polar surface area (TPSA) is 20.3 Å². The van der Waals surface area contributed by atoms with Crippen molar-refractivity contribution in [1.29, 1.82) is 0 Å². The SMILES string of the molecule is CC[C@H](C)/C=C(\C)CSC(=O)N(C)C. The molecule has 0 rings (SSSR count). The number of nitrogens with zero attached hydrogens (tertiary/aromatic N) is 1. The van der Waals surface area contributed by atoms with Crippen LogP contribution in [0, 0.1) is 5.92 Å². The number of amides is 1. The van der Waals surface area contributed by atoms with Crippen molar-refractivity contribution in [3.05, 3.63) is 11.6 Å². The summed E-state index contributed by atoms with van der Waals surface area (Å²) in [4.78, 5) is 12.9. The molecule has 0 saturated heterocycles. The molecule has 0 unspecified atom stereocenters. The number of allylic oxidation sites excluding steroid dienone is 1. The monoisotopic (exact) mass is 215 g/mol. The molecule has 2 nitrogen and oxygen atoms in total. The van der Waals surface area contributed by atoms with Gasteiger partial charge in [0.15, 0.2) is 0 Å². The molecule has 0 aliphatic heterocycles. The van der Waals surface area contributed by atoms with E-state index in [0.717, 1.165) is 12.2 Å². The average Bonchev–Trinajstić information content (AvgIpc) is 2.13. The number of rotatable bonds is 4. The van der Waals surface area contributed by atoms with E-state index < -0.39 is 0 Å². The van der Waals surface area contributed by atoms with Crippen LogP contribution in [0.25, 0.3) is 0 Å². The molecule has 14 heavy (non-hydrogen) atoms. The molecule has 82 valence electrons. The fraction of sp³-hybridized carbons (Fsp3) is 0.727. The van der Waals surface area contributed by atoms with Crippen LogP contribution in [0.5, 0.6) is 0 Å². The molecule has 0 aliphatic carbocycles. The highest BCUT2D eigenvalue weighted by Crippen LogP contribution is 2.14. The fourth-order valence-electron chi connectivity index (χ4n) is 0.956. The van der Waals surface area contributed by atoms with Crippen LogP contribution in [0.2, 0.25) is 0 Å². The van der Waals surface area contributed by atoms with Crippen LogP contribution >= 0.6 is 11.8 Å². The summed E-state index contributed by atoms with van der Waals surface area (Å²) in [7, 11) is 3.56. The van der Waals surface area contributed by atoms with E-state index in [4.69, 9.17) is 0 Å². The Morgan fingerprint density at radius 3 is 2.50 bits per heavy atom. The quantitative estimate of drug-likeness (QED) is 0.670. The average molecular weight is 215 g/mol. The largest absolute Gasteiger partial charge is 0.340 e. The van der Waals surface area contributed by atoms with Crippen molar-refractivity contribution >= 4 is 17.0 Å². The Bertz CT molecular complexity index is 211. The summed E-state index contributed by atoms with van der Waals surface area (Å²) < 4.78 is 0. The van der Waals surface area contributed by atoms with Gasteiger partial charge in [0.25, 0.3) is 5.24 Å². The van der Waals surface area contributed by atoms with Gasteiger partial charge in [0.1, 0.15) is 0 Å². The number of thioether (sulfide) groups is 1. The van der Waals surface area contributed by atoms with Crippen LogP contribution in [-0.4, -0.2) is 30.0 Å². The number of carbonyl (C=O) groups is 1. The first kappa shape index (κ1) is 13.6. The highest BCUT2D eigenvalue weighted by molar-refractivity contribution is 8.13. The zero-order chi connectivity index (χ0) is 11.1. The maximum atomic E-state index is 11.3. The summed E-state index contributed by atoms with van der Waals surface area (Å²) in [6.45, 7) is 6.45. The first-order valence-corrected chi connectivity index (χ1v) is 5.97. The summed E-state index contributed by atoms with van der Waals surface area (Å²) in [6, 6.07) is 0. The van der Waals surface area contributed by atoms with E-state index >= 15 is 0 Å². The zero-order valence-corrected chi connectivity index (χ0v) is 10.6. The fourth-order valence-corrected chi connectivity index (χ4v) is 1.66. The van der Waals surface area contributed by atoms with Crippen LogP contribution in [0.4, 0.5) is 4.79 Å². The number of carbonyl (C=O) groups excluding carboxylic acids is 1. The molecule has 0 aromatic heterocycles. The predicted molar refractivity (Wildman–Crippen MR) is 64.8 cm³/mol. The minimum Gasteiger partial charge on any atom is -0.340 e. The summed E-state index contributed by atoms with van der Waals surface area (Å²) in [5.74, 6) is 1.42. The Hall–Kier alpha value is -0.440. The van der Waals surface area contributed by atoms with Crippen LogP contribution in [0.15, 0.2) is 11.6 Å². The van der Waals surface area contributed by atoms with Gasteiger partial charge in [-0.2, -0.15) is 0 Å². The van der Waals surface area contributed by atoms with Crippen molar-refractivity contribution in [3.8, 4) is 0 Å². The van der Waals surface area contributed by atoms with E-state index in [0.29, 0.717) is 5.92 Å². The van der Waals surface area contributed by atoms with E-state index in [1.807, 2.05) is 0 Å². The predicted octanol–water partition coefficient (Wildman–Crippen LogP) is 3.39. The molecule has 0 aliphatic rings. The van der Waals surface area contributed by atoms with Gasteiger partial charge in [-0.1, -0.05) is 43.7 Å². The van der Waals surface area contributed by atoms with Gasteiger partial charge >= 0.3 is 0 Å². The third kappa shape index (κ3) is 6.08. The van der Waals surface area contributed by atoms with Crippen molar-refractivity contribution in [2.75, 3.05) is 19.8 Å². The molecule has 0 radical (unpaired) electrons. The lowest BCUT2D eigenvalue weighted by Crippen LogP contribution is -2.16. The Morgan fingerprint density at radius 1 is 1.50 bits per heavy atom. The van der Waals surface area contributed by atoms with E-state index in [2.05, 4.69) is 26.8 Å². The molecule has 0 N–H and O–H groups in total. The van der Waals surface area contributed by atoms with Crippen molar-refractivity contribution in [1.82, 2.24) is 4.90 Å². The first-order chi connectivity index (χ1) is 6.47. The molecule has 1 amide bonds. The molecule has 0 bridgehead atoms. The van der Waals surface area contributed by atoms with E-state index in [1.54, 1.807) is 19.0 Å². The van der Waals surface area contributed by atoms with Crippen molar-refractivity contribution in [2.24, 2.45) is 5.92 Å². The van der Waals surface area contributed by atoms with Gasteiger partial charge in [-0.25, -0.2) is 0 Å². The molecule has 0 heterocycles. The lowest BCUT2D eigenvalue weighted by Gasteiger charge is -2.10. The van der Waals surface area contributed by atoms with Crippen molar-refractivity contribution < 1.29 is 4.79 Å². The maximum Gasteiger partial charge on any atom is 0.281 e. The minimum atomic E-state index is 0.127. The molecular formula is C11H21NOS. The molecule has 0 saturated carbocycles. The third-order valence-corrected chi connectivity index (χ3v) is 3.21. The van der Waals surface area contributed by atoms with Gasteiger partial charge in [0.2, 0.25) is 0 Å². The molecule has 3 heteroatoms. The van der Waals surface area contributed by atoms with Gasteiger partial charge in [0, 0.05) is 19.8 Å².